The number of hydrogen-bond acceptors (Lipinski definition) is 5. The molecule has 7 nitrogen and oxygen atoms in total. The molecule has 0 radical (unpaired) electrons. The van der Waals surface area contributed by atoms with E-state index in [4.69, 9.17) is 0 Å². The predicted molar refractivity (Wildman–Crippen MR) is 64.9 cm³/mol. The molecule has 0 aliphatic heterocycles. The van der Waals surface area contributed by atoms with Gasteiger partial charge in [0, 0.05) is 13.1 Å². The van der Waals surface area contributed by atoms with Crippen molar-refractivity contribution in [3.8, 4) is 0 Å². The lowest BCUT2D eigenvalue weighted by Gasteiger charge is -2.07. The molecule has 0 amide bonds. The standard InChI is InChI=1S/C9H19N5O2S/c1-3-10-5-6-17(15,16)12-7-9-13-11-8-14(9)4-2/h8,10,12H,3-7H2,1-2H3. The lowest BCUT2D eigenvalue weighted by molar-refractivity contribution is 0.571. The fourth-order valence-corrected chi connectivity index (χ4v) is 2.22. The van der Waals surface area contributed by atoms with Gasteiger partial charge in [-0.1, -0.05) is 6.92 Å². The number of nitrogens with zero attached hydrogens (tertiary/aromatic N) is 3. The predicted octanol–water partition coefficient (Wildman–Crippen LogP) is -0.673. The second-order valence-electron chi connectivity index (χ2n) is 3.53. The second-order valence-corrected chi connectivity index (χ2v) is 5.45. The number of aromatic nitrogens is 3. The van der Waals surface area contributed by atoms with Crippen LogP contribution in [0, 0.1) is 0 Å². The van der Waals surface area contributed by atoms with E-state index in [1.807, 2.05) is 13.8 Å². The summed E-state index contributed by atoms with van der Waals surface area (Å²) in [4.78, 5) is 0. The topological polar surface area (TPSA) is 88.9 Å². The highest BCUT2D eigenvalue weighted by Gasteiger charge is 2.11. The lowest BCUT2D eigenvalue weighted by atomic mass is 10.6. The monoisotopic (exact) mass is 261 g/mol. The number of rotatable bonds is 8. The highest BCUT2D eigenvalue weighted by Crippen LogP contribution is 1.95. The van der Waals surface area contributed by atoms with Gasteiger partial charge in [-0.25, -0.2) is 13.1 Å². The van der Waals surface area contributed by atoms with Crippen LogP contribution in [0.3, 0.4) is 0 Å². The molecule has 1 heterocycles. The summed E-state index contributed by atoms with van der Waals surface area (Å²) >= 11 is 0. The maximum absolute atomic E-state index is 11.6. The molecule has 0 aliphatic rings. The molecule has 8 heteroatoms. The van der Waals surface area contributed by atoms with Gasteiger partial charge in [0.25, 0.3) is 0 Å². The highest BCUT2D eigenvalue weighted by molar-refractivity contribution is 7.89. The molecule has 0 saturated carbocycles. The molecule has 0 unspecified atom stereocenters. The average Bonchev–Trinajstić information content (AvgIpc) is 2.74. The molecule has 0 fully saturated rings. The Morgan fingerprint density at radius 1 is 1.41 bits per heavy atom. The van der Waals surface area contributed by atoms with Crippen LogP contribution in [0.4, 0.5) is 0 Å². The minimum Gasteiger partial charge on any atom is -0.317 e. The van der Waals surface area contributed by atoms with Crippen molar-refractivity contribution in [2.75, 3.05) is 18.8 Å². The van der Waals surface area contributed by atoms with E-state index < -0.39 is 10.0 Å². The van der Waals surface area contributed by atoms with Crippen molar-refractivity contribution in [1.29, 1.82) is 0 Å². The molecule has 98 valence electrons. The highest BCUT2D eigenvalue weighted by atomic mass is 32.2. The molecular formula is C9H19N5O2S. The molecule has 0 saturated heterocycles. The van der Waals surface area contributed by atoms with Crippen molar-refractivity contribution in [3.05, 3.63) is 12.2 Å². The molecular weight excluding hydrogens is 242 g/mol. The number of aryl methyl sites for hydroxylation is 1. The molecule has 0 spiro atoms. The Kier molecular flexibility index (Phi) is 5.52. The fraction of sp³-hybridized carbons (Fsp3) is 0.778. The molecule has 0 aliphatic carbocycles. The Morgan fingerprint density at radius 3 is 2.82 bits per heavy atom. The maximum Gasteiger partial charge on any atom is 0.213 e. The average molecular weight is 261 g/mol. The lowest BCUT2D eigenvalue weighted by Crippen LogP contribution is -2.32. The fourth-order valence-electron chi connectivity index (χ4n) is 1.31. The molecule has 0 atom stereocenters. The van der Waals surface area contributed by atoms with Gasteiger partial charge in [-0.3, -0.25) is 0 Å². The van der Waals surface area contributed by atoms with Crippen LogP contribution in [-0.2, 0) is 23.1 Å². The minimum atomic E-state index is -3.25. The van der Waals surface area contributed by atoms with Gasteiger partial charge in [0.1, 0.15) is 12.2 Å². The molecule has 0 bridgehead atoms. The molecule has 17 heavy (non-hydrogen) atoms. The normalized spacial score (nSPS) is 11.9. The summed E-state index contributed by atoms with van der Waals surface area (Å²) in [7, 11) is -3.25. The van der Waals surface area contributed by atoms with E-state index >= 15 is 0 Å². The molecule has 1 aromatic heterocycles. The van der Waals surface area contributed by atoms with Gasteiger partial charge in [-0.05, 0) is 13.5 Å². The van der Waals surface area contributed by atoms with Gasteiger partial charge in [-0.2, -0.15) is 0 Å². The van der Waals surface area contributed by atoms with Gasteiger partial charge < -0.3 is 9.88 Å². The third-order valence-corrected chi connectivity index (χ3v) is 3.61. The van der Waals surface area contributed by atoms with Crippen LogP contribution in [0.1, 0.15) is 19.7 Å². The van der Waals surface area contributed by atoms with E-state index in [1.54, 1.807) is 10.9 Å². The van der Waals surface area contributed by atoms with Crippen LogP contribution in [-0.4, -0.2) is 42.0 Å². The SMILES string of the molecule is CCNCCS(=O)(=O)NCc1nncn1CC. The Bertz CT molecular complexity index is 428. The maximum atomic E-state index is 11.6. The van der Waals surface area contributed by atoms with Crippen LogP contribution in [0.25, 0.3) is 0 Å². The zero-order valence-electron chi connectivity index (χ0n) is 10.2. The van der Waals surface area contributed by atoms with Crippen molar-refractivity contribution in [3.63, 3.8) is 0 Å². The summed E-state index contributed by atoms with van der Waals surface area (Å²) < 4.78 is 27.5. The first-order chi connectivity index (χ1) is 8.09. The summed E-state index contributed by atoms with van der Waals surface area (Å²) in [6.45, 7) is 6.01. The van der Waals surface area contributed by atoms with Gasteiger partial charge >= 0.3 is 0 Å². The van der Waals surface area contributed by atoms with E-state index in [-0.39, 0.29) is 12.3 Å². The van der Waals surface area contributed by atoms with E-state index in [2.05, 4.69) is 20.2 Å². The van der Waals surface area contributed by atoms with Gasteiger partial charge in [0.15, 0.2) is 0 Å². The number of sulfonamides is 1. The van der Waals surface area contributed by atoms with Crippen molar-refractivity contribution in [2.45, 2.75) is 26.9 Å². The van der Waals surface area contributed by atoms with Gasteiger partial charge in [-0.15, -0.1) is 10.2 Å². The molecule has 1 rings (SSSR count). The quantitative estimate of drug-likeness (QED) is 0.606. The second kappa shape index (κ2) is 6.67. The third kappa shape index (κ3) is 4.80. The van der Waals surface area contributed by atoms with Crippen molar-refractivity contribution >= 4 is 10.0 Å². The Hall–Kier alpha value is -0.990. The largest absolute Gasteiger partial charge is 0.317 e. The third-order valence-electron chi connectivity index (χ3n) is 2.28. The summed E-state index contributed by atoms with van der Waals surface area (Å²) in [5, 5.41) is 10.6. The van der Waals surface area contributed by atoms with Crippen molar-refractivity contribution < 1.29 is 8.42 Å². The first-order valence-corrected chi connectivity index (χ1v) is 7.29. The Balaban J connectivity index is 2.44. The zero-order chi connectivity index (χ0) is 12.7. The van der Waals surface area contributed by atoms with Crippen LogP contribution in [0.5, 0.6) is 0 Å². The Morgan fingerprint density at radius 2 is 2.18 bits per heavy atom. The number of nitrogens with one attached hydrogen (secondary N) is 2. The summed E-state index contributed by atoms with van der Waals surface area (Å²) in [5.74, 6) is 0.695. The first-order valence-electron chi connectivity index (χ1n) is 5.63. The van der Waals surface area contributed by atoms with Crippen molar-refractivity contribution in [2.24, 2.45) is 0 Å². The molecule has 2 N–H and O–H groups in total. The first kappa shape index (κ1) is 14.1. The van der Waals surface area contributed by atoms with Crippen LogP contribution in [0.2, 0.25) is 0 Å². The van der Waals surface area contributed by atoms with E-state index in [1.165, 1.54) is 0 Å². The van der Waals surface area contributed by atoms with Crippen LogP contribution < -0.4 is 10.0 Å². The zero-order valence-corrected chi connectivity index (χ0v) is 11.0. The smallest absolute Gasteiger partial charge is 0.213 e. The van der Waals surface area contributed by atoms with Gasteiger partial charge in [0.05, 0.1) is 12.3 Å². The molecule has 0 aromatic carbocycles. The van der Waals surface area contributed by atoms with E-state index in [0.29, 0.717) is 12.4 Å². The van der Waals surface area contributed by atoms with E-state index in [0.717, 1.165) is 13.1 Å². The van der Waals surface area contributed by atoms with Crippen LogP contribution >= 0.6 is 0 Å². The molecule has 1 aromatic rings. The summed E-state index contributed by atoms with van der Waals surface area (Å²) in [6.07, 6.45) is 1.59. The Labute approximate surface area is 102 Å². The van der Waals surface area contributed by atoms with E-state index in [9.17, 15) is 8.42 Å². The number of hydrogen-bond donors (Lipinski definition) is 2. The van der Waals surface area contributed by atoms with Crippen molar-refractivity contribution in [1.82, 2.24) is 24.8 Å². The summed E-state index contributed by atoms with van der Waals surface area (Å²) in [5.41, 5.74) is 0. The van der Waals surface area contributed by atoms with Gasteiger partial charge in [0.2, 0.25) is 10.0 Å². The summed E-state index contributed by atoms with van der Waals surface area (Å²) in [6, 6.07) is 0. The van der Waals surface area contributed by atoms with Crippen LogP contribution in [0.15, 0.2) is 6.33 Å². The minimum absolute atomic E-state index is 0.0705.